The summed E-state index contributed by atoms with van der Waals surface area (Å²) in [6, 6.07) is 5.94. The van der Waals surface area contributed by atoms with Crippen LogP contribution in [0.4, 0.5) is 11.8 Å². The molecule has 32 heavy (non-hydrogen) atoms. The Kier molecular flexibility index (Phi) is 6.77. The number of ether oxygens (including phenoxy) is 1. The molecule has 2 aromatic heterocycles. The van der Waals surface area contributed by atoms with Crippen LogP contribution in [0.15, 0.2) is 29.6 Å². The van der Waals surface area contributed by atoms with Crippen molar-refractivity contribution in [3.63, 3.8) is 0 Å². The molecule has 0 aromatic carbocycles. The quantitative estimate of drug-likeness (QED) is 0.584. The molecule has 3 saturated heterocycles. The van der Waals surface area contributed by atoms with Crippen LogP contribution in [0, 0.1) is 0 Å². The van der Waals surface area contributed by atoms with E-state index in [1.165, 1.54) is 24.6 Å². The Bertz CT molecular complexity index is 889. The van der Waals surface area contributed by atoms with Gasteiger partial charge in [-0.15, -0.1) is 10.2 Å². The van der Waals surface area contributed by atoms with E-state index >= 15 is 0 Å². The van der Waals surface area contributed by atoms with E-state index in [1.54, 1.807) is 0 Å². The Hall–Kier alpha value is -2.33. The van der Waals surface area contributed by atoms with Gasteiger partial charge in [-0.1, -0.05) is 17.8 Å². The molecule has 0 spiro atoms. The first kappa shape index (κ1) is 21.5. The van der Waals surface area contributed by atoms with Crippen LogP contribution in [0.25, 0.3) is 0 Å². The third-order valence-electron chi connectivity index (χ3n) is 6.43. The highest BCUT2D eigenvalue weighted by Crippen LogP contribution is 2.27. The summed E-state index contributed by atoms with van der Waals surface area (Å²) in [7, 11) is 0. The topological polar surface area (TPSA) is 79.6 Å². The van der Waals surface area contributed by atoms with Crippen molar-refractivity contribution < 1.29 is 9.53 Å². The first-order chi connectivity index (χ1) is 15.8. The molecule has 9 nitrogen and oxygen atoms in total. The molecule has 0 aliphatic carbocycles. The van der Waals surface area contributed by atoms with Gasteiger partial charge >= 0.3 is 0 Å². The van der Waals surface area contributed by atoms with Gasteiger partial charge in [-0.3, -0.25) is 9.36 Å². The van der Waals surface area contributed by atoms with Crippen molar-refractivity contribution in [1.82, 2.24) is 24.6 Å². The first-order valence-corrected chi connectivity index (χ1v) is 12.6. The molecule has 1 unspecified atom stereocenters. The fraction of sp³-hybridized carbons (Fsp3) is 0.636. The second-order valence-electron chi connectivity index (χ2n) is 8.57. The van der Waals surface area contributed by atoms with Gasteiger partial charge in [0.05, 0.1) is 18.4 Å². The minimum atomic E-state index is 0.157. The predicted octanol–water partition coefficient (Wildman–Crippen LogP) is 1.89. The molecule has 3 fully saturated rings. The summed E-state index contributed by atoms with van der Waals surface area (Å²) in [5, 5.41) is 9.78. The zero-order valence-corrected chi connectivity index (χ0v) is 19.3. The molecule has 5 rings (SSSR count). The maximum absolute atomic E-state index is 12.9. The summed E-state index contributed by atoms with van der Waals surface area (Å²) in [4.78, 5) is 23.8. The monoisotopic (exact) mass is 457 g/mol. The highest BCUT2D eigenvalue weighted by molar-refractivity contribution is 7.99. The summed E-state index contributed by atoms with van der Waals surface area (Å²) < 4.78 is 8.06. The van der Waals surface area contributed by atoms with Crippen molar-refractivity contribution in [2.75, 3.05) is 61.4 Å². The van der Waals surface area contributed by atoms with Gasteiger partial charge in [-0.2, -0.15) is 0 Å². The lowest BCUT2D eigenvalue weighted by Crippen LogP contribution is -2.49. The largest absolute Gasteiger partial charge is 0.376 e. The van der Waals surface area contributed by atoms with Gasteiger partial charge in [0.25, 0.3) is 0 Å². The minimum Gasteiger partial charge on any atom is -0.376 e. The summed E-state index contributed by atoms with van der Waals surface area (Å²) in [5.41, 5.74) is 0. The number of pyridine rings is 1. The van der Waals surface area contributed by atoms with Crippen molar-refractivity contribution in [2.45, 2.75) is 43.5 Å². The number of amides is 1. The second kappa shape index (κ2) is 10.1. The summed E-state index contributed by atoms with van der Waals surface area (Å²) in [5.74, 6) is 2.44. The Morgan fingerprint density at radius 3 is 2.59 bits per heavy atom. The van der Waals surface area contributed by atoms with Crippen LogP contribution in [0.3, 0.4) is 0 Å². The van der Waals surface area contributed by atoms with E-state index in [0.29, 0.717) is 5.75 Å². The van der Waals surface area contributed by atoms with E-state index in [0.717, 1.165) is 82.2 Å². The highest BCUT2D eigenvalue weighted by atomic mass is 32.2. The number of nitrogens with zero attached hydrogens (tertiary/aromatic N) is 7. The highest BCUT2D eigenvalue weighted by Gasteiger charge is 2.27. The van der Waals surface area contributed by atoms with E-state index in [2.05, 4.69) is 29.5 Å². The summed E-state index contributed by atoms with van der Waals surface area (Å²) in [6.07, 6.45) is 6.59. The Morgan fingerprint density at radius 2 is 1.88 bits per heavy atom. The van der Waals surface area contributed by atoms with Crippen LogP contribution >= 0.6 is 11.8 Å². The normalized spacial score (nSPS) is 21.5. The van der Waals surface area contributed by atoms with Crippen molar-refractivity contribution in [3.8, 4) is 0 Å². The minimum absolute atomic E-state index is 0.157. The van der Waals surface area contributed by atoms with Gasteiger partial charge in [0, 0.05) is 52.1 Å². The molecule has 1 amide bonds. The maximum atomic E-state index is 12.9. The van der Waals surface area contributed by atoms with E-state index in [1.807, 2.05) is 29.3 Å². The Balaban J connectivity index is 1.19. The zero-order valence-electron chi connectivity index (χ0n) is 18.4. The molecule has 3 aliphatic heterocycles. The van der Waals surface area contributed by atoms with E-state index in [4.69, 9.17) is 4.74 Å². The number of carbonyl (C=O) groups is 1. The number of carbonyl (C=O) groups excluding carboxylic acids is 1. The first-order valence-electron chi connectivity index (χ1n) is 11.6. The Morgan fingerprint density at radius 1 is 1.03 bits per heavy atom. The number of thioether (sulfide) groups is 1. The number of hydrogen-bond acceptors (Lipinski definition) is 8. The third-order valence-corrected chi connectivity index (χ3v) is 7.38. The van der Waals surface area contributed by atoms with Crippen molar-refractivity contribution in [1.29, 1.82) is 0 Å². The number of rotatable bonds is 7. The van der Waals surface area contributed by atoms with Gasteiger partial charge in [0.2, 0.25) is 11.9 Å². The fourth-order valence-electron chi connectivity index (χ4n) is 4.63. The van der Waals surface area contributed by atoms with Crippen LogP contribution in [-0.4, -0.2) is 88.3 Å². The summed E-state index contributed by atoms with van der Waals surface area (Å²) in [6.45, 7) is 6.69. The molecular weight excluding hydrogens is 426 g/mol. The van der Waals surface area contributed by atoms with Crippen LogP contribution in [0.2, 0.25) is 0 Å². The van der Waals surface area contributed by atoms with E-state index in [9.17, 15) is 4.79 Å². The summed E-state index contributed by atoms with van der Waals surface area (Å²) >= 11 is 1.50. The van der Waals surface area contributed by atoms with Gasteiger partial charge in [0.15, 0.2) is 5.16 Å². The van der Waals surface area contributed by atoms with Crippen molar-refractivity contribution >= 4 is 29.4 Å². The molecule has 172 valence electrons. The van der Waals surface area contributed by atoms with Crippen LogP contribution in [-0.2, 0) is 16.1 Å². The molecule has 10 heteroatoms. The third kappa shape index (κ3) is 4.85. The average molecular weight is 458 g/mol. The lowest BCUT2D eigenvalue weighted by Gasteiger charge is -2.35. The van der Waals surface area contributed by atoms with E-state index in [-0.39, 0.29) is 12.0 Å². The van der Waals surface area contributed by atoms with Gasteiger partial charge in [-0.05, 0) is 37.8 Å². The smallest absolute Gasteiger partial charge is 0.233 e. The van der Waals surface area contributed by atoms with Crippen LogP contribution < -0.4 is 9.80 Å². The zero-order chi connectivity index (χ0) is 21.8. The number of aromatic nitrogens is 4. The standard InChI is InChI=1S/C22H31N7O2S/c30-20(27-13-11-26(12-14-27)19-7-1-2-8-23-19)17-32-22-25-24-21(28-9-3-4-10-28)29(22)16-18-6-5-15-31-18/h1-2,7-8,18H,3-6,9-17H2. The molecule has 0 radical (unpaired) electrons. The Labute approximate surface area is 193 Å². The molecule has 2 aromatic rings. The SMILES string of the molecule is O=C(CSc1nnc(N2CCCC2)n1CC1CCCO1)N1CCN(c2ccccn2)CC1. The van der Waals surface area contributed by atoms with Crippen molar-refractivity contribution in [2.24, 2.45) is 0 Å². The number of hydrogen-bond donors (Lipinski definition) is 0. The molecule has 0 saturated carbocycles. The lowest BCUT2D eigenvalue weighted by atomic mass is 10.2. The van der Waals surface area contributed by atoms with Gasteiger partial charge < -0.3 is 19.4 Å². The molecule has 0 bridgehead atoms. The average Bonchev–Trinajstić information content (AvgIpc) is 3.61. The molecule has 3 aliphatic rings. The second-order valence-corrected chi connectivity index (χ2v) is 9.51. The molecule has 1 atom stereocenters. The van der Waals surface area contributed by atoms with Gasteiger partial charge in [-0.25, -0.2) is 4.98 Å². The fourth-order valence-corrected chi connectivity index (χ4v) is 5.48. The molecule has 0 N–H and O–H groups in total. The van der Waals surface area contributed by atoms with E-state index < -0.39 is 0 Å². The van der Waals surface area contributed by atoms with Crippen molar-refractivity contribution in [3.05, 3.63) is 24.4 Å². The predicted molar refractivity (Wildman–Crippen MR) is 124 cm³/mol. The van der Waals surface area contributed by atoms with Gasteiger partial charge in [0.1, 0.15) is 5.82 Å². The molecular formula is C22H31N7O2S. The van der Waals surface area contributed by atoms with Crippen LogP contribution in [0.5, 0.6) is 0 Å². The number of piperazine rings is 1. The van der Waals surface area contributed by atoms with Crippen LogP contribution in [0.1, 0.15) is 25.7 Å². The molecule has 5 heterocycles. The maximum Gasteiger partial charge on any atom is 0.233 e. The lowest BCUT2D eigenvalue weighted by molar-refractivity contribution is -0.128. The number of anilines is 2.